The second-order valence-electron chi connectivity index (χ2n) is 3.90. The molecule has 1 aromatic heterocycles. The molecule has 0 amide bonds. The van der Waals surface area contributed by atoms with Gasteiger partial charge >= 0.3 is 6.01 Å². The number of anilines is 1. The van der Waals surface area contributed by atoms with Crippen molar-refractivity contribution in [2.75, 3.05) is 18.1 Å². The number of halogens is 1. The van der Waals surface area contributed by atoms with Gasteiger partial charge in [-0.15, -0.1) is 16.7 Å². The van der Waals surface area contributed by atoms with Crippen molar-refractivity contribution in [2.45, 2.75) is 38.6 Å². The molecule has 1 N–H and O–H groups in total. The summed E-state index contributed by atoms with van der Waals surface area (Å²) in [7, 11) is 0. The molecule has 1 unspecified atom stereocenters. The average Bonchev–Trinajstić information content (AvgIpc) is 2.67. The number of aliphatic hydroxyl groups excluding tert-OH is 1. The standard InChI is InChI=1S/C10H18ClN3O2/c1-7(2)14(5-4-6-15)10-13-12-9(16-10)8(3)11/h7-8,15H,4-6H2,1-3H3. The van der Waals surface area contributed by atoms with Gasteiger partial charge in [0.05, 0.1) is 0 Å². The van der Waals surface area contributed by atoms with E-state index in [1.54, 1.807) is 6.92 Å². The largest absolute Gasteiger partial charge is 0.406 e. The van der Waals surface area contributed by atoms with E-state index in [9.17, 15) is 0 Å². The maximum atomic E-state index is 8.82. The number of aliphatic hydroxyl groups is 1. The van der Waals surface area contributed by atoms with Crippen molar-refractivity contribution in [2.24, 2.45) is 0 Å². The molecule has 0 radical (unpaired) electrons. The second-order valence-corrected chi connectivity index (χ2v) is 4.56. The molecule has 92 valence electrons. The van der Waals surface area contributed by atoms with Crippen molar-refractivity contribution >= 4 is 17.6 Å². The summed E-state index contributed by atoms with van der Waals surface area (Å²) >= 11 is 5.85. The van der Waals surface area contributed by atoms with E-state index in [0.29, 0.717) is 24.9 Å². The van der Waals surface area contributed by atoms with E-state index in [0.717, 1.165) is 0 Å². The van der Waals surface area contributed by atoms with Crippen molar-refractivity contribution in [1.29, 1.82) is 0 Å². The summed E-state index contributed by atoms with van der Waals surface area (Å²) in [6, 6.07) is 0.705. The summed E-state index contributed by atoms with van der Waals surface area (Å²) < 4.78 is 5.46. The Kier molecular flexibility index (Phi) is 5.02. The Labute approximate surface area is 100 Å². The van der Waals surface area contributed by atoms with Crippen LogP contribution in [0.25, 0.3) is 0 Å². The van der Waals surface area contributed by atoms with Crippen LogP contribution in [-0.2, 0) is 0 Å². The van der Waals surface area contributed by atoms with Gasteiger partial charge in [0.2, 0.25) is 5.89 Å². The third-order valence-corrected chi connectivity index (χ3v) is 2.38. The molecule has 0 saturated carbocycles. The third-order valence-electron chi connectivity index (χ3n) is 2.20. The Bertz CT molecular complexity index is 315. The van der Waals surface area contributed by atoms with Crippen LogP contribution in [0.2, 0.25) is 0 Å². The number of hydrogen-bond donors (Lipinski definition) is 1. The highest BCUT2D eigenvalue weighted by atomic mass is 35.5. The van der Waals surface area contributed by atoms with E-state index >= 15 is 0 Å². The summed E-state index contributed by atoms with van der Waals surface area (Å²) in [4.78, 5) is 1.95. The molecule has 6 heteroatoms. The number of alkyl halides is 1. The molecular weight excluding hydrogens is 230 g/mol. The number of hydrogen-bond acceptors (Lipinski definition) is 5. The summed E-state index contributed by atoms with van der Waals surface area (Å²) in [5.41, 5.74) is 0. The SMILES string of the molecule is CC(Cl)c1nnc(N(CCCO)C(C)C)o1. The van der Waals surface area contributed by atoms with E-state index in [1.165, 1.54) is 0 Å². The fourth-order valence-corrected chi connectivity index (χ4v) is 1.41. The van der Waals surface area contributed by atoms with Crippen molar-refractivity contribution in [3.8, 4) is 0 Å². The third kappa shape index (κ3) is 3.35. The Morgan fingerprint density at radius 1 is 1.38 bits per heavy atom. The average molecular weight is 248 g/mol. The van der Waals surface area contributed by atoms with Crippen LogP contribution < -0.4 is 4.90 Å². The van der Waals surface area contributed by atoms with Gasteiger partial charge in [0.15, 0.2) is 0 Å². The molecule has 1 heterocycles. The summed E-state index contributed by atoms with van der Waals surface area (Å²) in [6.45, 7) is 6.69. The first kappa shape index (κ1) is 13.3. The van der Waals surface area contributed by atoms with Crippen molar-refractivity contribution in [3.63, 3.8) is 0 Å². The van der Waals surface area contributed by atoms with Crippen LogP contribution in [0.15, 0.2) is 4.42 Å². The van der Waals surface area contributed by atoms with Crippen LogP contribution in [0.1, 0.15) is 38.5 Å². The van der Waals surface area contributed by atoms with Gasteiger partial charge in [-0.1, -0.05) is 5.10 Å². The van der Waals surface area contributed by atoms with Gasteiger partial charge in [-0.2, -0.15) is 0 Å². The van der Waals surface area contributed by atoms with Gasteiger partial charge in [0.1, 0.15) is 5.38 Å². The van der Waals surface area contributed by atoms with Crippen LogP contribution in [0, 0.1) is 0 Å². The minimum absolute atomic E-state index is 0.149. The molecule has 0 aliphatic heterocycles. The quantitative estimate of drug-likeness (QED) is 0.779. The Balaban J connectivity index is 2.76. The normalized spacial score (nSPS) is 13.1. The maximum Gasteiger partial charge on any atom is 0.318 e. The van der Waals surface area contributed by atoms with Crippen LogP contribution in [0.4, 0.5) is 6.01 Å². The molecule has 0 spiro atoms. The van der Waals surface area contributed by atoms with Crippen LogP contribution in [-0.4, -0.2) is 34.5 Å². The lowest BCUT2D eigenvalue weighted by atomic mass is 10.3. The van der Waals surface area contributed by atoms with E-state index in [4.69, 9.17) is 21.1 Å². The number of rotatable bonds is 6. The molecule has 0 aliphatic rings. The van der Waals surface area contributed by atoms with Crippen molar-refractivity contribution in [1.82, 2.24) is 10.2 Å². The van der Waals surface area contributed by atoms with E-state index in [1.807, 2.05) is 18.7 Å². The Morgan fingerprint density at radius 2 is 2.06 bits per heavy atom. The summed E-state index contributed by atoms with van der Waals surface area (Å²) in [5, 5.41) is 16.4. The first-order valence-corrected chi connectivity index (χ1v) is 5.85. The van der Waals surface area contributed by atoms with Crippen molar-refractivity contribution < 1.29 is 9.52 Å². The number of aromatic nitrogens is 2. The zero-order valence-electron chi connectivity index (χ0n) is 9.85. The Morgan fingerprint density at radius 3 is 2.50 bits per heavy atom. The molecule has 0 fully saturated rings. The molecule has 5 nitrogen and oxygen atoms in total. The Hall–Kier alpha value is -0.810. The molecule has 0 aromatic carbocycles. The molecule has 1 rings (SSSR count). The van der Waals surface area contributed by atoms with E-state index < -0.39 is 0 Å². The van der Waals surface area contributed by atoms with Gasteiger partial charge in [0, 0.05) is 19.2 Å². The number of nitrogens with zero attached hydrogens (tertiary/aromatic N) is 3. The van der Waals surface area contributed by atoms with Crippen LogP contribution >= 0.6 is 11.6 Å². The van der Waals surface area contributed by atoms with Gasteiger partial charge in [-0.25, -0.2) is 0 Å². The van der Waals surface area contributed by atoms with Gasteiger partial charge in [-0.3, -0.25) is 0 Å². The highest BCUT2D eigenvalue weighted by Crippen LogP contribution is 2.22. The molecule has 1 atom stereocenters. The van der Waals surface area contributed by atoms with E-state index in [-0.39, 0.29) is 18.0 Å². The minimum atomic E-state index is -0.284. The molecule has 0 aliphatic carbocycles. The fraction of sp³-hybridized carbons (Fsp3) is 0.800. The highest BCUT2D eigenvalue weighted by molar-refractivity contribution is 6.20. The zero-order chi connectivity index (χ0) is 12.1. The summed E-state index contributed by atoms with van der Waals surface area (Å²) in [5.74, 6) is 0.423. The first-order chi connectivity index (χ1) is 7.56. The molecule has 0 bridgehead atoms. The monoisotopic (exact) mass is 247 g/mol. The lowest BCUT2D eigenvalue weighted by Crippen LogP contribution is -2.32. The maximum absolute atomic E-state index is 8.82. The zero-order valence-corrected chi connectivity index (χ0v) is 10.6. The van der Waals surface area contributed by atoms with Crippen LogP contribution in [0.5, 0.6) is 0 Å². The van der Waals surface area contributed by atoms with Crippen molar-refractivity contribution in [3.05, 3.63) is 5.89 Å². The fourth-order valence-electron chi connectivity index (χ4n) is 1.32. The van der Waals surface area contributed by atoms with E-state index in [2.05, 4.69) is 10.2 Å². The summed E-state index contributed by atoms with van der Waals surface area (Å²) in [6.07, 6.45) is 0.673. The lowest BCUT2D eigenvalue weighted by Gasteiger charge is -2.23. The lowest BCUT2D eigenvalue weighted by molar-refractivity contribution is 0.287. The predicted octanol–water partition coefficient (Wildman–Crippen LogP) is 1.97. The van der Waals surface area contributed by atoms with Gasteiger partial charge in [0.25, 0.3) is 0 Å². The van der Waals surface area contributed by atoms with Gasteiger partial charge in [-0.05, 0) is 27.2 Å². The molecule has 1 aromatic rings. The topological polar surface area (TPSA) is 62.4 Å². The minimum Gasteiger partial charge on any atom is -0.406 e. The second kappa shape index (κ2) is 6.06. The smallest absolute Gasteiger partial charge is 0.318 e. The first-order valence-electron chi connectivity index (χ1n) is 5.41. The highest BCUT2D eigenvalue weighted by Gasteiger charge is 2.18. The predicted molar refractivity (Wildman–Crippen MR) is 62.8 cm³/mol. The van der Waals surface area contributed by atoms with Crippen LogP contribution in [0.3, 0.4) is 0 Å². The molecular formula is C10H18ClN3O2. The molecule has 16 heavy (non-hydrogen) atoms. The molecule has 0 saturated heterocycles. The van der Waals surface area contributed by atoms with Gasteiger partial charge < -0.3 is 14.4 Å².